The lowest BCUT2D eigenvalue weighted by Crippen LogP contribution is -2.40. The average molecular weight is 455 g/mol. The predicted octanol–water partition coefficient (Wildman–Crippen LogP) is 5.44. The first-order valence-corrected chi connectivity index (χ1v) is 10.0. The van der Waals surface area contributed by atoms with E-state index in [-0.39, 0.29) is 19.3 Å². The smallest absolute Gasteiger partial charge is 0.416 e. The number of hydrogen-bond donors (Lipinski definition) is 2. The first-order valence-electron chi connectivity index (χ1n) is 9.20. The summed E-state index contributed by atoms with van der Waals surface area (Å²) in [6.45, 7) is 1.63. The Bertz CT molecular complexity index is 797. The first-order chi connectivity index (χ1) is 13.8. The predicted molar refractivity (Wildman–Crippen MR) is 103 cm³/mol. The maximum Gasteiger partial charge on any atom is 0.416 e. The van der Waals surface area contributed by atoms with Crippen molar-refractivity contribution in [1.82, 2.24) is 0 Å². The Morgan fingerprint density at radius 2 is 1.47 bits per heavy atom. The number of halogens is 6. The third kappa shape index (κ3) is 7.48. The van der Waals surface area contributed by atoms with Crippen LogP contribution in [0, 0.1) is 0 Å². The van der Waals surface area contributed by atoms with E-state index in [0.717, 1.165) is 9.75 Å². The van der Waals surface area contributed by atoms with Crippen LogP contribution in [-0.2, 0) is 25.2 Å². The molecule has 2 aromatic rings. The van der Waals surface area contributed by atoms with Gasteiger partial charge in [0, 0.05) is 15.3 Å². The summed E-state index contributed by atoms with van der Waals surface area (Å²) < 4.78 is 82.4. The van der Waals surface area contributed by atoms with Gasteiger partial charge in [0.15, 0.2) is 0 Å². The van der Waals surface area contributed by atoms with Crippen molar-refractivity contribution in [3.05, 3.63) is 51.2 Å². The van der Waals surface area contributed by atoms with Crippen molar-refractivity contribution in [2.45, 2.75) is 50.5 Å². The van der Waals surface area contributed by atoms with Crippen LogP contribution in [0.4, 0.5) is 26.3 Å². The van der Waals surface area contributed by atoms with Crippen molar-refractivity contribution in [1.29, 1.82) is 0 Å². The van der Waals surface area contributed by atoms with Gasteiger partial charge >= 0.3 is 12.4 Å². The maximum absolute atomic E-state index is 12.9. The van der Waals surface area contributed by atoms with Crippen molar-refractivity contribution < 1.29 is 36.2 Å². The number of rotatable bonds is 9. The zero-order chi connectivity index (χ0) is 22.6. The molecule has 0 amide bonds. The fourth-order valence-corrected chi connectivity index (χ4v) is 3.68. The average Bonchev–Trinajstić information content (AvgIpc) is 3.10. The van der Waals surface area contributed by atoms with Crippen molar-refractivity contribution in [3.63, 3.8) is 0 Å². The molecule has 0 saturated carbocycles. The Labute approximate surface area is 174 Å². The highest BCUT2D eigenvalue weighted by Crippen LogP contribution is 2.38. The number of ether oxygens (including phenoxy) is 1. The van der Waals surface area contributed by atoms with Crippen LogP contribution in [0.5, 0.6) is 5.75 Å². The highest BCUT2D eigenvalue weighted by atomic mass is 32.1. The second kappa shape index (κ2) is 9.57. The lowest BCUT2D eigenvalue weighted by molar-refractivity contribution is -0.143. The molecule has 0 aliphatic heterocycles. The Morgan fingerprint density at radius 3 is 1.97 bits per heavy atom. The molecule has 1 unspecified atom stereocenters. The molecule has 0 saturated heterocycles. The second-order valence-electron chi connectivity index (χ2n) is 7.37. The van der Waals surface area contributed by atoms with Gasteiger partial charge in [-0.05, 0) is 62.9 Å². The molecular formula is C20H23F6NO2S. The van der Waals surface area contributed by atoms with Gasteiger partial charge in [-0.2, -0.15) is 26.3 Å². The fraction of sp³-hybridized carbons (Fsp3) is 0.500. The van der Waals surface area contributed by atoms with E-state index in [9.17, 15) is 31.4 Å². The normalized spacial score (nSPS) is 14.6. The molecule has 3 nitrogen and oxygen atoms in total. The molecule has 2 rings (SSSR count). The number of aliphatic hydroxyl groups excluding tert-OH is 1. The number of thiophene rings is 1. The highest BCUT2D eigenvalue weighted by Gasteiger charge is 2.37. The molecule has 0 aliphatic rings. The zero-order valence-electron chi connectivity index (χ0n) is 16.2. The summed E-state index contributed by atoms with van der Waals surface area (Å²) >= 11 is 1.55. The summed E-state index contributed by atoms with van der Waals surface area (Å²) in [6.07, 6.45) is -7.47. The van der Waals surface area contributed by atoms with Gasteiger partial charge in [-0.25, -0.2) is 0 Å². The van der Waals surface area contributed by atoms with Crippen LogP contribution in [0.15, 0.2) is 30.3 Å². The van der Waals surface area contributed by atoms with Crippen LogP contribution < -0.4 is 10.5 Å². The van der Waals surface area contributed by atoms with Gasteiger partial charge in [-0.1, -0.05) is 0 Å². The van der Waals surface area contributed by atoms with Crippen LogP contribution in [0.1, 0.15) is 40.6 Å². The van der Waals surface area contributed by atoms with Gasteiger partial charge < -0.3 is 15.6 Å². The van der Waals surface area contributed by atoms with Crippen molar-refractivity contribution in [3.8, 4) is 5.75 Å². The summed E-state index contributed by atoms with van der Waals surface area (Å²) in [4.78, 5) is 2.11. The molecule has 0 spiro atoms. The summed E-state index contributed by atoms with van der Waals surface area (Å²) in [5.74, 6) is -0.463. The quantitative estimate of drug-likeness (QED) is 0.391. The van der Waals surface area contributed by atoms with Gasteiger partial charge in [0.05, 0.1) is 24.3 Å². The molecule has 3 N–H and O–H groups in total. The van der Waals surface area contributed by atoms with Crippen molar-refractivity contribution in [2.24, 2.45) is 5.73 Å². The Hall–Kier alpha value is -1.78. The van der Waals surface area contributed by atoms with Crippen LogP contribution in [-0.4, -0.2) is 23.9 Å². The number of aryl methyl sites for hydroxylation is 2. The molecular weight excluding hydrogens is 432 g/mol. The number of nitrogens with two attached hydrogens (primary N) is 1. The second-order valence-corrected chi connectivity index (χ2v) is 8.63. The lowest BCUT2D eigenvalue weighted by atomic mass is 9.98. The Morgan fingerprint density at radius 1 is 0.933 bits per heavy atom. The minimum absolute atomic E-state index is 0.0166. The molecule has 1 aromatic carbocycles. The molecule has 1 atom stereocenters. The molecule has 1 heterocycles. The number of alkyl halides is 6. The highest BCUT2D eigenvalue weighted by molar-refractivity contribution is 7.11. The monoisotopic (exact) mass is 455 g/mol. The Kier molecular flexibility index (Phi) is 7.81. The minimum atomic E-state index is -4.90. The first kappa shape index (κ1) is 24.5. The van der Waals surface area contributed by atoms with Gasteiger partial charge in [0.2, 0.25) is 0 Å². The van der Waals surface area contributed by atoms with Gasteiger partial charge in [0.25, 0.3) is 0 Å². The zero-order valence-corrected chi connectivity index (χ0v) is 17.1. The molecule has 0 fully saturated rings. The topological polar surface area (TPSA) is 55.5 Å². The van der Waals surface area contributed by atoms with E-state index < -0.39 is 34.8 Å². The SMILES string of the molecule is CC(N)(CO)CCc1ccc(CCCOc2cc(C(F)(F)F)cc(C(F)(F)F)c2)s1. The van der Waals surface area contributed by atoms with E-state index in [1.165, 1.54) is 0 Å². The van der Waals surface area contributed by atoms with Gasteiger partial charge in [-0.3, -0.25) is 0 Å². The standard InChI is InChI=1S/C20H23F6NO2S/c1-18(27,12-28)7-6-17-5-4-16(30-17)3-2-8-29-15-10-13(19(21,22)23)9-14(11-15)20(24,25)26/h4-5,9-11,28H,2-3,6-8,12,27H2,1H3. The summed E-state index contributed by atoms with van der Waals surface area (Å²) in [5.41, 5.74) is 2.45. The van der Waals surface area contributed by atoms with Crippen LogP contribution >= 0.6 is 11.3 Å². The van der Waals surface area contributed by atoms with Crippen LogP contribution in [0.25, 0.3) is 0 Å². The largest absolute Gasteiger partial charge is 0.494 e. The van der Waals surface area contributed by atoms with Gasteiger partial charge in [-0.15, -0.1) is 11.3 Å². The molecule has 168 valence electrons. The summed E-state index contributed by atoms with van der Waals surface area (Å²) in [5, 5.41) is 9.18. The molecule has 10 heteroatoms. The number of hydrogen-bond acceptors (Lipinski definition) is 4. The van der Waals surface area contributed by atoms with E-state index in [1.807, 2.05) is 12.1 Å². The van der Waals surface area contributed by atoms with E-state index in [1.54, 1.807) is 18.3 Å². The van der Waals surface area contributed by atoms with Crippen molar-refractivity contribution in [2.75, 3.05) is 13.2 Å². The summed E-state index contributed by atoms with van der Waals surface area (Å²) in [6, 6.07) is 5.08. The van der Waals surface area contributed by atoms with E-state index >= 15 is 0 Å². The molecule has 0 bridgehead atoms. The van der Waals surface area contributed by atoms with Gasteiger partial charge in [0.1, 0.15) is 5.75 Å². The van der Waals surface area contributed by atoms with Crippen molar-refractivity contribution >= 4 is 11.3 Å². The molecule has 0 radical (unpaired) electrons. The van der Waals surface area contributed by atoms with Crippen LogP contribution in [0.3, 0.4) is 0 Å². The van der Waals surface area contributed by atoms with E-state index in [2.05, 4.69) is 0 Å². The van der Waals surface area contributed by atoms with Crippen LogP contribution in [0.2, 0.25) is 0 Å². The number of aliphatic hydroxyl groups is 1. The number of benzene rings is 1. The molecule has 30 heavy (non-hydrogen) atoms. The Balaban J connectivity index is 1.91. The third-order valence-electron chi connectivity index (χ3n) is 4.42. The summed E-state index contributed by atoms with van der Waals surface area (Å²) in [7, 11) is 0. The minimum Gasteiger partial charge on any atom is -0.494 e. The fourth-order valence-electron chi connectivity index (χ4n) is 2.62. The maximum atomic E-state index is 12.9. The lowest BCUT2D eigenvalue weighted by Gasteiger charge is -2.20. The van der Waals surface area contributed by atoms with E-state index in [4.69, 9.17) is 10.5 Å². The molecule has 0 aliphatic carbocycles. The van der Waals surface area contributed by atoms with E-state index in [0.29, 0.717) is 37.8 Å². The molecule has 1 aromatic heterocycles. The third-order valence-corrected chi connectivity index (χ3v) is 5.62.